The summed E-state index contributed by atoms with van der Waals surface area (Å²) in [4.78, 5) is 26.5. The SMILES string of the molecule is CCCCC1CCCCCC(C)c2cc(O)c(c(O)c2)C(CCCC)CCCCCC(C)C2=CC(=O)C1=C(O)C2=O. The van der Waals surface area contributed by atoms with Crippen molar-refractivity contribution in [3.8, 4) is 11.5 Å². The summed E-state index contributed by atoms with van der Waals surface area (Å²) in [5.41, 5.74) is 2.44. The van der Waals surface area contributed by atoms with Crippen LogP contribution in [-0.2, 0) is 9.59 Å². The van der Waals surface area contributed by atoms with E-state index >= 15 is 0 Å². The summed E-state index contributed by atoms with van der Waals surface area (Å²) in [6.07, 6.45) is 16.4. The van der Waals surface area contributed by atoms with E-state index in [4.69, 9.17) is 0 Å². The Bertz CT molecular complexity index is 1070. The maximum atomic E-state index is 13.3. The van der Waals surface area contributed by atoms with Crippen molar-refractivity contribution in [3.05, 3.63) is 46.2 Å². The molecule has 0 saturated carbocycles. The zero-order valence-electron chi connectivity index (χ0n) is 26.0. The smallest absolute Gasteiger partial charge is 0.224 e. The van der Waals surface area contributed by atoms with Gasteiger partial charge in [-0.25, -0.2) is 0 Å². The van der Waals surface area contributed by atoms with E-state index in [1.165, 1.54) is 6.08 Å². The summed E-state index contributed by atoms with van der Waals surface area (Å²) in [6, 6.07) is 3.74. The minimum atomic E-state index is -0.363. The van der Waals surface area contributed by atoms with Gasteiger partial charge in [-0.15, -0.1) is 0 Å². The first-order chi connectivity index (χ1) is 19.7. The van der Waals surface area contributed by atoms with Crippen molar-refractivity contribution >= 4 is 11.6 Å². The molecule has 1 aromatic carbocycles. The van der Waals surface area contributed by atoms with E-state index in [2.05, 4.69) is 20.8 Å². The summed E-state index contributed by atoms with van der Waals surface area (Å²) in [5.74, 6) is -0.284. The quantitative estimate of drug-likeness (QED) is 0.298. The molecule has 228 valence electrons. The number of aromatic hydroxyl groups is 2. The van der Waals surface area contributed by atoms with Crippen LogP contribution in [0.1, 0.15) is 153 Å². The molecule has 5 aliphatic rings. The monoisotopic (exact) mass is 566 g/mol. The van der Waals surface area contributed by atoms with Crippen molar-refractivity contribution in [2.24, 2.45) is 11.8 Å². The molecule has 41 heavy (non-hydrogen) atoms. The molecular formula is C36H54O5. The molecule has 0 saturated heterocycles. The van der Waals surface area contributed by atoms with Crippen LogP contribution in [0.2, 0.25) is 0 Å². The number of hydrogen-bond acceptors (Lipinski definition) is 5. The molecule has 4 bridgehead atoms. The van der Waals surface area contributed by atoms with Crippen LogP contribution < -0.4 is 0 Å². The summed E-state index contributed by atoms with van der Waals surface area (Å²) in [6.45, 7) is 8.40. The highest BCUT2D eigenvalue weighted by molar-refractivity contribution is 6.22. The van der Waals surface area contributed by atoms with Crippen molar-refractivity contribution in [1.82, 2.24) is 0 Å². The molecule has 3 N–H and O–H groups in total. The second-order valence-corrected chi connectivity index (χ2v) is 12.8. The van der Waals surface area contributed by atoms with E-state index in [9.17, 15) is 24.9 Å². The van der Waals surface area contributed by atoms with Gasteiger partial charge in [0.25, 0.3) is 0 Å². The number of ketones is 2. The van der Waals surface area contributed by atoms with E-state index in [1.54, 1.807) is 0 Å². The van der Waals surface area contributed by atoms with Gasteiger partial charge in [-0.05, 0) is 86.0 Å². The van der Waals surface area contributed by atoms with E-state index in [-0.39, 0.29) is 52.5 Å². The second kappa shape index (κ2) is 16.2. The van der Waals surface area contributed by atoms with Crippen molar-refractivity contribution in [3.63, 3.8) is 0 Å². The van der Waals surface area contributed by atoms with Gasteiger partial charge in [0.1, 0.15) is 11.5 Å². The number of aliphatic hydroxyl groups excluding tert-OH is 1. The molecule has 0 radical (unpaired) electrons. The maximum absolute atomic E-state index is 13.3. The lowest BCUT2D eigenvalue weighted by molar-refractivity contribution is -0.118. The molecule has 0 spiro atoms. The standard InChI is InChI=1S/C36H54O5/c1-5-7-17-26-19-13-10-12-16-25(4)29-23-32(39)34(36(41)35(29)40)27(18-8-6-2)20-14-9-11-15-24(3)28-21-30(37)33(26)31(38)22-28/h21-27,37-38,41H,5-20H2,1-4H3. The Kier molecular flexibility index (Phi) is 13.0. The van der Waals surface area contributed by atoms with Crippen molar-refractivity contribution in [1.29, 1.82) is 0 Å². The fourth-order valence-electron chi connectivity index (χ4n) is 6.89. The molecule has 5 aliphatic carbocycles. The Balaban J connectivity index is 1.85. The van der Waals surface area contributed by atoms with Crippen LogP contribution in [0.4, 0.5) is 0 Å². The first kappa shape index (κ1) is 32.9. The van der Waals surface area contributed by atoms with Gasteiger partial charge in [0.15, 0.2) is 11.5 Å². The Labute approximate surface area is 248 Å². The van der Waals surface area contributed by atoms with Crippen LogP contribution >= 0.6 is 0 Å². The van der Waals surface area contributed by atoms with Gasteiger partial charge in [0.05, 0.1) is 0 Å². The number of carbonyl (C=O) groups is 2. The predicted octanol–water partition coefficient (Wildman–Crippen LogP) is 9.72. The molecule has 1 aromatic rings. The fraction of sp³-hybridized carbons (Fsp3) is 0.667. The lowest BCUT2D eigenvalue weighted by Gasteiger charge is -2.25. The highest BCUT2D eigenvalue weighted by atomic mass is 16.3. The number of phenolic OH excluding ortho intramolecular Hbond substituents is 2. The van der Waals surface area contributed by atoms with Crippen LogP contribution in [0, 0.1) is 11.8 Å². The van der Waals surface area contributed by atoms with Gasteiger partial charge in [-0.2, -0.15) is 0 Å². The number of phenols is 2. The zero-order chi connectivity index (χ0) is 29.9. The number of carbonyl (C=O) groups excluding carboxylic acids is 2. The molecule has 4 atom stereocenters. The van der Waals surface area contributed by atoms with Gasteiger partial charge < -0.3 is 15.3 Å². The van der Waals surface area contributed by atoms with Crippen LogP contribution in [0.3, 0.4) is 0 Å². The Morgan fingerprint density at radius 1 is 0.707 bits per heavy atom. The summed E-state index contributed by atoms with van der Waals surface area (Å²) < 4.78 is 0. The Morgan fingerprint density at radius 2 is 1.22 bits per heavy atom. The topological polar surface area (TPSA) is 94.8 Å². The number of rotatable bonds is 6. The normalized spacial score (nSPS) is 25.6. The summed E-state index contributed by atoms with van der Waals surface area (Å²) in [5, 5.41) is 33.1. The van der Waals surface area contributed by atoms with Crippen LogP contribution in [-0.4, -0.2) is 26.9 Å². The number of unbranched alkanes of at least 4 members (excludes halogenated alkanes) is 2. The van der Waals surface area contributed by atoms with E-state index in [1.807, 2.05) is 19.1 Å². The van der Waals surface area contributed by atoms with Crippen molar-refractivity contribution in [2.45, 2.75) is 142 Å². The molecule has 0 aromatic heterocycles. The van der Waals surface area contributed by atoms with Gasteiger partial charge in [-0.3, -0.25) is 9.59 Å². The molecule has 6 rings (SSSR count). The lowest BCUT2D eigenvalue weighted by atomic mass is 9.78. The zero-order valence-corrected chi connectivity index (χ0v) is 26.0. The summed E-state index contributed by atoms with van der Waals surface area (Å²) >= 11 is 0. The molecule has 0 aliphatic heterocycles. The molecule has 0 fully saturated rings. The van der Waals surface area contributed by atoms with Gasteiger partial charge in [-0.1, -0.05) is 91.9 Å². The fourth-order valence-corrected chi connectivity index (χ4v) is 6.89. The molecule has 0 heterocycles. The van der Waals surface area contributed by atoms with Crippen molar-refractivity contribution in [2.75, 3.05) is 0 Å². The number of allylic oxidation sites excluding steroid dienone is 3. The largest absolute Gasteiger partial charge is 0.508 e. The second-order valence-electron chi connectivity index (χ2n) is 12.8. The molecule has 5 heteroatoms. The third-order valence-corrected chi connectivity index (χ3v) is 9.55. The third kappa shape index (κ3) is 8.72. The van der Waals surface area contributed by atoms with Gasteiger partial charge in [0.2, 0.25) is 5.78 Å². The lowest BCUT2D eigenvalue weighted by Crippen LogP contribution is -2.26. The van der Waals surface area contributed by atoms with Crippen LogP contribution in [0.25, 0.3) is 0 Å². The Morgan fingerprint density at radius 3 is 1.80 bits per heavy atom. The van der Waals surface area contributed by atoms with E-state index in [0.29, 0.717) is 16.7 Å². The van der Waals surface area contributed by atoms with Gasteiger partial charge >= 0.3 is 0 Å². The highest BCUT2D eigenvalue weighted by Gasteiger charge is 2.34. The third-order valence-electron chi connectivity index (χ3n) is 9.55. The van der Waals surface area contributed by atoms with Gasteiger partial charge in [0, 0.05) is 16.7 Å². The van der Waals surface area contributed by atoms with Crippen LogP contribution in [0.15, 0.2) is 35.1 Å². The maximum Gasteiger partial charge on any atom is 0.224 e. The minimum Gasteiger partial charge on any atom is -0.508 e. The average Bonchev–Trinajstić information content (AvgIpc) is 2.94. The van der Waals surface area contributed by atoms with E-state index < -0.39 is 0 Å². The minimum absolute atomic E-state index is 0.0967. The molecular weight excluding hydrogens is 512 g/mol. The first-order valence-electron chi connectivity index (χ1n) is 16.5. The number of hydrogen-bond donors (Lipinski definition) is 3. The average molecular weight is 567 g/mol. The molecule has 4 unspecified atom stereocenters. The van der Waals surface area contributed by atoms with Crippen molar-refractivity contribution < 1.29 is 24.9 Å². The number of benzene rings is 1. The molecule has 5 nitrogen and oxygen atoms in total. The highest BCUT2D eigenvalue weighted by Crippen LogP contribution is 2.42. The van der Waals surface area contributed by atoms with E-state index in [0.717, 1.165) is 108 Å². The Hall–Kier alpha value is -2.56. The number of Topliss-reactive ketones (excluding diaryl/α,β-unsaturated/α-hetero) is 1. The predicted molar refractivity (Wildman–Crippen MR) is 167 cm³/mol. The first-order valence-corrected chi connectivity index (χ1v) is 16.5. The molecule has 0 amide bonds. The van der Waals surface area contributed by atoms with Crippen LogP contribution in [0.5, 0.6) is 11.5 Å². The number of aliphatic hydroxyl groups is 1. The summed E-state index contributed by atoms with van der Waals surface area (Å²) in [7, 11) is 0.